The Morgan fingerprint density at radius 2 is 1.80 bits per heavy atom. The van der Waals surface area contributed by atoms with E-state index >= 15 is 0 Å². The monoisotopic (exact) mass is 253 g/mol. The van der Waals surface area contributed by atoms with Gasteiger partial charge in [0.2, 0.25) is 0 Å². The van der Waals surface area contributed by atoms with Gasteiger partial charge in [0, 0.05) is 54.2 Å². The molecule has 0 bridgehead atoms. The molecular weight excluding hydrogens is 239 g/mol. The Kier molecular flexibility index (Phi) is 1.90. The topological polar surface area (TPSA) is 19.9 Å². The quantitative estimate of drug-likeness (QED) is 0.475. The van der Waals surface area contributed by atoms with Crippen molar-refractivity contribution in [2.75, 3.05) is 26.2 Å². The molecule has 2 saturated heterocycles. The lowest BCUT2D eigenvalue weighted by Gasteiger charge is -2.48. The van der Waals surface area contributed by atoms with Crippen LogP contribution in [0.2, 0.25) is 0 Å². The Bertz CT molecular complexity index is 116. The van der Waals surface area contributed by atoms with Crippen LogP contribution in [0.3, 0.4) is 0 Å². The van der Waals surface area contributed by atoms with E-state index in [9.17, 15) is 0 Å². The summed E-state index contributed by atoms with van der Waals surface area (Å²) in [6, 6.07) is 0. The van der Waals surface area contributed by atoms with E-state index < -0.39 is 0 Å². The van der Waals surface area contributed by atoms with E-state index in [0.717, 1.165) is 5.41 Å². The van der Waals surface area contributed by atoms with Crippen molar-refractivity contribution in [3.05, 3.63) is 0 Å². The number of rotatable bonds is 0. The van der Waals surface area contributed by atoms with E-state index in [1.165, 1.54) is 39.0 Å². The van der Waals surface area contributed by atoms with Gasteiger partial charge in [0.25, 0.3) is 0 Å². The number of piperidine rings is 1. The molecule has 2 rings (SSSR count). The van der Waals surface area contributed by atoms with Crippen LogP contribution in [0.1, 0.15) is 12.8 Å². The van der Waals surface area contributed by atoms with Crippen molar-refractivity contribution in [1.82, 2.24) is 3.11 Å². The van der Waals surface area contributed by atoms with Crippen LogP contribution in [-0.2, 0) is 0 Å². The van der Waals surface area contributed by atoms with Gasteiger partial charge < -0.3 is 5.32 Å². The summed E-state index contributed by atoms with van der Waals surface area (Å²) in [5.74, 6) is 0. The number of hydrogen-bond donors (Lipinski definition) is 1. The Morgan fingerprint density at radius 3 is 2.30 bits per heavy atom. The molecule has 2 N–H and O–H groups in total. The van der Waals surface area contributed by atoms with Crippen LogP contribution >= 0.6 is 22.9 Å². The molecule has 2 fully saturated rings. The van der Waals surface area contributed by atoms with Crippen molar-refractivity contribution < 1.29 is 5.32 Å². The van der Waals surface area contributed by atoms with Gasteiger partial charge >= 0.3 is 0 Å². The van der Waals surface area contributed by atoms with Crippen molar-refractivity contribution in [3.63, 3.8) is 0 Å². The average Bonchev–Trinajstić information content (AvgIpc) is 1.87. The van der Waals surface area contributed by atoms with Gasteiger partial charge in [0.05, 0.1) is 13.1 Å². The number of nitrogens with zero attached hydrogens (tertiary/aromatic N) is 1. The van der Waals surface area contributed by atoms with Crippen LogP contribution in [0.25, 0.3) is 0 Å². The standard InChI is InChI=1S/C7H13IN2/c8-10-5-7(6-10)1-3-9-4-2-7/h9H,1-6H2/p+1. The minimum Gasteiger partial charge on any atom is -0.346 e. The van der Waals surface area contributed by atoms with E-state index in [1.54, 1.807) is 0 Å². The molecule has 0 aromatic rings. The number of nitrogens with two attached hydrogens (primary N) is 1. The van der Waals surface area contributed by atoms with Crippen molar-refractivity contribution >= 4 is 22.9 Å². The lowest BCUT2D eigenvalue weighted by atomic mass is 9.74. The Labute approximate surface area is 75.8 Å². The maximum absolute atomic E-state index is 2.45. The first-order valence-corrected chi connectivity index (χ1v) is 5.00. The summed E-state index contributed by atoms with van der Waals surface area (Å²) in [6.07, 6.45) is 2.90. The molecule has 2 aliphatic heterocycles. The van der Waals surface area contributed by atoms with Gasteiger partial charge in [0.1, 0.15) is 0 Å². The molecule has 2 aliphatic rings. The highest BCUT2D eigenvalue weighted by atomic mass is 127. The van der Waals surface area contributed by atoms with E-state index in [4.69, 9.17) is 0 Å². The van der Waals surface area contributed by atoms with Crippen LogP contribution in [0.4, 0.5) is 0 Å². The van der Waals surface area contributed by atoms with Gasteiger partial charge in [-0.05, 0) is 0 Å². The smallest absolute Gasteiger partial charge is 0.0761 e. The molecule has 58 valence electrons. The zero-order chi connectivity index (χ0) is 7.03. The Hall–Kier alpha value is 0.650. The van der Waals surface area contributed by atoms with Gasteiger partial charge in [-0.3, -0.25) is 0 Å². The minimum absolute atomic E-state index is 0.760. The zero-order valence-corrected chi connectivity index (χ0v) is 8.30. The second-order valence-electron chi connectivity index (χ2n) is 3.64. The van der Waals surface area contributed by atoms with Crippen molar-refractivity contribution in [1.29, 1.82) is 0 Å². The summed E-state index contributed by atoms with van der Waals surface area (Å²) < 4.78 is 2.41. The predicted molar refractivity (Wildman–Crippen MR) is 48.9 cm³/mol. The first-order valence-electron chi connectivity index (χ1n) is 4.03. The third-order valence-corrected chi connectivity index (χ3v) is 3.45. The highest BCUT2D eigenvalue weighted by Gasteiger charge is 2.43. The Morgan fingerprint density at radius 1 is 1.20 bits per heavy atom. The second-order valence-corrected chi connectivity index (χ2v) is 5.01. The predicted octanol–water partition coefficient (Wildman–Crippen LogP) is -0.00440. The van der Waals surface area contributed by atoms with Crippen LogP contribution in [-0.4, -0.2) is 29.3 Å². The summed E-state index contributed by atoms with van der Waals surface area (Å²) >= 11 is 2.43. The van der Waals surface area contributed by atoms with Gasteiger partial charge in [-0.1, -0.05) is 0 Å². The van der Waals surface area contributed by atoms with E-state index in [2.05, 4.69) is 31.3 Å². The molecule has 0 aromatic heterocycles. The fraction of sp³-hybridized carbons (Fsp3) is 1.00. The fourth-order valence-corrected chi connectivity index (χ4v) is 3.53. The lowest BCUT2D eigenvalue weighted by molar-refractivity contribution is -0.668. The number of quaternary nitrogens is 1. The van der Waals surface area contributed by atoms with Gasteiger partial charge in [-0.25, -0.2) is 3.11 Å². The molecule has 2 nitrogen and oxygen atoms in total. The second kappa shape index (κ2) is 2.60. The number of halogens is 1. The lowest BCUT2D eigenvalue weighted by Crippen LogP contribution is -2.88. The summed E-state index contributed by atoms with van der Waals surface area (Å²) in [5, 5.41) is 2.45. The SMILES string of the molecule is IN1CC2(CC[NH2+]CC2)C1. The maximum atomic E-state index is 2.45. The molecule has 0 aromatic carbocycles. The summed E-state index contributed by atoms with van der Waals surface area (Å²) in [5.41, 5.74) is 0.760. The van der Waals surface area contributed by atoms with Crippen molar-refractivity contribution in [2.24, 2.45) is 5.41 Å². The van der Waals surface area contributed by atoms with E-state index in [1.807, 2.05) is 0 Å². The van der Waals surface area contributed by atoms with Crippen LogP contribution in [0, 0.1) is 5.41 Å². The van der Waals surface area contributed by atoms with E-state index in [-0.39, 0.29) is 0 Å². The highest BCUT2D eigenvalue weighted by Crippen LogP contribution is 2.39. The van der Waals surface area contributed by atoms with Gasteiger partial charge in [-0.2, -0.15) is 0 Å². The van der Waals surface area contributed by atoms with Crippen molar-refractivity contribution in [2.45, 2.75) is 12.8 Å². The van der Waals surface area contributed by atoms with E-state index in [0.29, 0.717) is 0 Å². The molecule has 0 saturated carbocycles. The molecular formula is C7H14IN2+. The number of hydrogen-bond acceptors (Lipinski definition) is 1. The average molecular weight is 253 g/mol. The first kappa shape index (κ1) is 7.31. The maximum Gasteiger partial charge on any atom is 0.0761 e. The van der Waals surface area contributed by atoms with Gasteiger partial charge in [0.15, 0.2) is 0 Å². The first-order chi connectivity index (χ1) is 4.81. The molecule has 0 amide bonds. The Balaban J connectivity index is 1.90. The third kappa shape index (κ3) is 1.19. The highest BCUT2D eigenvalue weighted by molar-refractivity contribution is 14.1. The summed E-state index contributed by atoms with van der Waals surface area (Å²) in [6.45, 7) is 5.43. The fourth-order valence-electron chi connectivity index (χ4n) is 2.08. The molecule has 2 heterocycles. The van der Waals surface area contributed by atoms with Crippen LogP contribution < -0.4 is 5.32 Å². The van der Waals surface area contributed by atoms with Crippen molar-refractivity contribution in [3.8, 4) is 0 Å². The molecule has 10 heavy (non-hydrogen) atoms. The molecule has 3 heteroatoms. The molecule has 0 radical (unpaired) electrons. The minimum atomic E-state index is 0.760. The van der Waals surface area contributed by atoms with Gasteiger partial charge in [-0.15, -0.1) is 0 Å². The molecule has 1 spiro atoms. The summed E-state index contributed by atoms with van der Waals surface area (Å²) in [4.78, 5) is 0. The zero-order valence-electron chi connectivity index (χ0n) is 6.15. The normalized spacial score (nSPS) is 32.1. The molecule has 0 atom stereocenters. The molecule has 0 unspecified atom stereocenters. The van der Waals surface area contributed by atoms with Crippen LogP contribution in [0.5, 0.6) is 0 Å². The third-order valence-electron chi connectivity index (χ3n) is 2.77. The summed E-state index contributed by atoms with van der Waals surface area (Å²) in [7, 11) is 0. The van der Waals surface area contributed by atoms with Crippen LogP contribution in [0.15, 0.2) is 0 Å². The largest absolute Gasteiger partial charge is 0.346 e. The molecule has 0 aliphatic carbocycles.